The van der Waals surface area contributed by atoms with Gasteiger partial charge in [-0.1, -0.05) is 29.3 Å². The number of amides is 3. The van der Waals surface area contributed by atoms with E-state index in [1.54, 1.807) is 0 Å². The summed E-state index contributed by atoms with van der Waals surface area (Å²) in [6, 6.07) is 2.94. The van der Waals surface area contributed by atoms with E-state index in [1.807, 2.05) is 0 Å². The number of benzene rings is 2. The molecule has 1 atom stereocenters. The molecule has 0 radical (unpaired) electrons. The van der Waals surface area contributed by atoms with Crippen molar-refractivity contribution in [1.29, 1.82) is 0 Å². The third kappa shape index (κ3) is 6.07. The molecule has 35 heavy (non-hydrogen) atoms. The molecule has 0 aromatic heterocycles. The van der Waals surface area contributed by atoms with Crippen LogP contribution in [0.1, 0.15) is 17.3 Å². The highest BCUT2D eigenvalue weighted by Gasteiger charge is 2.59. The molecule has 0 saturated carbocycles. The molecule has 0 N–H and O–H groups in total. The van der Waals surface area contributed by atoms with Gasteiger partial charge in [-0.2, -0.15) is 22.0 Å². The Balaban J connectivity index is 2.36. The summed E-state index contributed by atoms with van der Waals surface area (Å²) in [5.41, 5.74) is -1.29. The molecule has 0 aliphatic heterocycles. The van der Waals surface area contributed by atoms with E-state index < -0.39 is 63.4 Å². The zero-order valence-electron chi connectivity index (χ0n) is 17.6. The highest BCUT2D eigenvalue weighted by molar-refractivity contribution is 6.37. The van der Waals surface area contributed by atoms with E-state index in [4.69, 9.17) is 23.2 Å². The standard InChI is InChI=1S/C20H14Cl2F8N2O3/c1-3-32(16(33)14-12(23)5-4-6-13(14)24)18(34)31(2)9-7-10(21)15(11(22)8-9)35-20(29,30)17(25)19(26,27)28/h4-8,17H,3H2,1-2H3. The number of hydrogen-bond donors (Lipinski definition) is 0. The Morgan fingerprint density at radius 2 is 1.51 bits per heavy atom. The highest BCUT2D eigenvalue weighted by Crippen LogP contribution is 2.43. The van der Waals surface area contributed by atoms with Crippen LogP contribution in [0.25, 0.3) is 0 Å². The Morgan fingerprint density at radius 3 is 1.94 bits per heavy atom. The van der Waals surface area contributed by atoms with Crippen LogP contribution >= 0.6 is 23.2 Å². The van der Waals surface area contributed by atoms with Crippen LogP contribution in [0.3, 0.4) is 0 Å². The van der Waals surface area contributed by atoms with E-state index in [0.29, 0.717) is 9.80 Å². The lowest BCUT2D eigenvalue weighted by atomic mass is 10.1. The molecule has 5 nitrogen and oxygen atoms in total. The minimum atomic E-state index is -5.96. The minimum Gasteiger partial charge on any atom is -0.427 e. The maximum Gasteiger partial charge on any atom is 0.439 e. The number of rotatable bonds is 6. The summed E-state index contributed by atoms with van der Waals surface area (Å²) >= 11 is 11.5. The van der Waals surface area contributed by atoms with Gasteiger partial charge < -0.3 is 4.74 Å². The number of urea groups is 1. The molecule has 192 valence electrons. The number of alkyl halides is 6. The summed E-state index contributed by atoms with van der Waals surface area (Å²) in [5, 5.41) is -1.67. The van der Waals surface area contributed by atoms with Crippen LogP contribution in [-0.2, 0) is 0 Å². The first-order valence-corrected chi connectivity index (χ1v) is 10.1. The molecule has 1 unspecified atom stereocenters. The SMILES string of the molecule is CCN(C(=O)c1c(F)cccc1F)C(=O)N(C)c1cc(Cl)c(OC(F)(F)C(F)C(F)(F)F)c(Cl)c1. The van der Waals surface area contributed by atoms with Crippen LogP contribution in [0.2, 0.25) is 10.0 Å². The van der Waals surface area contributed by atoms with Crippen molar-refractivity contribution >= 4 is 40.8 Å². The van der Waals surface area contributed by atoms with Crippen LogP contribution in [0.4, 0.5) is 45.6 Å². The molecule has 0 bridgehead atoms. The van der Waals surface area contributed by atoms with Crippen molar-refractivity contribution in [3.05, 3.63) is 57.6 Å². The fourth-order valence-electron chi connectivity index (χ4n) is 2.71. The number of anilines is 1. The van der Waals surface area contributed by atoms with Gasteiger partial charge in [0.15, 0.2) is 5.75 Å². The fraction of sp³-hybridized carbons (Fsp3) is 0.300. The van der Waals surface area contributed by atoms with Crippen molar-refractivity contribution in [3.8, 4) is 5.75 Å². The zero-order chi connectivity index (χ0) is 26.9. The van der Waals surface area contributed by atoms with Gasteiger partial charge in [-0.15, -0.1) is 0 Å². The van der Waals surface area contributed by atoms with E-state index >= 15 is 0 Å². The molecule has 15 heteroatoms. The predicted octanol–water partition coefficient (Wildman–Crippen LogP) is 6.86. The first kappa shape index (κ1) is 28.4. The lowest BCUT2D eigenvalue weighted by Gasteiger charge is -2.27. The molecule has 0 aliphatic rings. The topological polar surface area (TPSA) is 49.9 Å². The summed E-state index contributed by atoms with van der Waals surface area (Å²) in [7, 11) is 1.05. The number of carbonyl (C=O) groups excluding carboxylic acids is 2. The quantitative estimate of drug-likeness (QED) is 0.368. The zero-order valence-corrected chi connectivity index (χ0v) is 19.1. The second-order valence-corrected chi connectivity index (χ2v) is 7.61. The molecule has 2 aromatic carbocycles. The Morgan fingerprint density at radius 1 is 1.03 bits per heavy atom. The van der Waals surface area contributed by atoms with Crippen molar-refractivity contribution in [1.82, 2.24) is 4.90 Å². The molecular formula is C20H14Cl2F8N2O3. The molecule has 2 rings (SSSR count). The van der Waals surface area contributed by atoms with Gasteiger partial charge in [-0.05, 0) is 31.2 Å². The van der Waals surface area contributed by atoms with Gasteiger partial charge in [0.05, 0.1) is 10.0 Å². The van der Waals surface area contributed by atoms with Crippen LogP contribution in [0.5, 0.6) is 5.75 Å². The van der Waals surface area contributed by atoms with Gasteiger partial charge in [-0.25, -0.2) is 18.0 Å². The smallest absolute Gasteiger partial charge is 0.427 e. The second-order valence-electron chi connectivity index (χ2n) is 6.79. The average Bonchev–Trinajstić information content (AvgIpc) is 2.74. The summed E-state index contributed by atoms with van der Waals surface area (Å²) in [4.78, 5) is 26.6. The maximum atomic E-state index is 14.0. The van der Waals surface area contributed by atoms with Crippen molar-refractivity contribution < 1.29 is 49.4 Å². The summed E-state index contributed by atoms with van der Waals surface area (Å²) in [5.74, 6) is -5.02. The second kappa shape index (κ2) is 10.4. The molecule has 3 amide bonds. The van der Waals surface area contributed by atoms with Gasteiger partial charge >= 0.3 is 18.3 Å². The Labute approximate surface area is 202 Å². The fourth-order valence-corrected chi connectivity index (χ4v) is 3.26. The largest absolute Gasteiger partial charge is 0.439 e. The van der Waals surface area contributed by atoms with E-state index in [-0.39, 0.29) is 12.2 Å². The van der Waals surface area contributed by atoms with Crippen LogP contribution in [0, 0.1) is 11.6 Å². The van der Waals surface area contributed by atoms with Crippen molar-refractivity contribution in [3.63, 3.8) is 0 Å². The third-order valence-electron chi connectivity index (χ3n) is 4.45. The molecule has 0 heterocycles. The van der Waals surface area contributed by atoms with Crippen molar-refractivity contribution in [2.24, 2.45) is 0 Å². The summed E-state index contributed by atoms with van der Waals surface area (Å²) in [6.45, 7) is 0.954. The molecule has 0 saturated heterocycles. The van der Waals surface area contributed by atoms with E-state index in [0.717, 1.165) is 37.4 Å². The van der Waals surface area contributed by atoms with Gasteiger partial charge in [0.1, 0.15) is 17.2 Å². The van der Waals surface area contributed by atoms with E-state index in [9.17, 15) is 44.7 Å². The predicted molar refractivity (Wildman–Crippen MR) is 110 cm³/mol. The maximum absolute atomic E-state index is 14.0. The lowest BCUT2D eigenvalue weighted by molar-refractivity contribution is -0.304. The van der Waals surface area contributed by atoms with Gasteiger partial charge in [0, 0.05) is 19.3 Å². The molecule has 0 fully saturated rings. The Bertz CT molecular complexity index is 1090. The number of ether oxygens (including phenoxy) is 1. The van der Waals surface area contributed by atoms with E-state index in [1.165, 1.54) is 6.92 Å². The number of nitrogens with zero attached hydrogens (tertiary/aromatic N) is 2. The Kier molecular flexibility index (Phi) is 8.48. The third-order valence-corrected chi connectivity index (χ3v) is 5.01. The van der Waals surface area contributed by atoms with Crippen LogP contribution in [0.15, 0.2) is 30.3 Å². The average molecular weight is 553 g/mol. The number of carbonyl (C=O) groups is 2. The van der Waals surface area contributed by atoms with Gasteiger partial charge in [0.25, 0.3) is 12.1 Å². The minimum absolute atomic E-state index is 0.284. The molecule has 2 aromatic rings. The highest BCUT2D eigenvalue weighted by atomic mass is 35.5. The molecular weight excluding hydrogens is 539 g/mol. The van der Waals surface area contributed by atoms with Crippen molar-refractivity contribution in [2.45, 2.75) is 25.4 Å². The van der Waals surface area contributed by atoms with Gasteiger partial charge in [-0.3, -0.25) is 14.6 Å². The number of imide groups is 1. The summed E-state index contributed by atoms with van der Waals surface area (Å²) in [6.07, 6.45) is -16.1. The molecule has 0 aliphatic carbocycles. The monoisotopic (exact) mass is 552 g/mol. The van der Waals surface area contributed by atoms with Gasteiger partial charge in [0.2, 0.25) is 0 Å². The lowest BCUT2D eigenvalue weighted by Crippen LogP contribution is -2.46. The first-order valence-electron chi connectivity index (χ1n) is 9.33. The summed E-state index contributed by atoms with van der Waals surface area (Å²) < 4.78 is 109. The van der Waals surface area contributed by atoms with E-state index in [2.05, 4.69) is 4.74 Å². The molecule has 0 spiro atoms. The number of hydrogen-bond acceptors (Lipinski definition) is 3. The van der Waals surface area contributed by atoms with Crippen molar-refractivity contribution in [2.75, 3.05) is 18.5 Å². The van der Waals surface area contributed by atoms with Crippen LogP contribution in [-0.4, -0.2) is 48.9 Å². The number of halogens is 10. The van der Waals surface area contributed by atoms with Crippen LogP contribution < -0.4 is 9.64 Å². The normalized spacial score (nSPS) is 12.8. The first-order chi connectivity index (χ1) is 16.0. The Hall–Kier alpha value is -2.80.